The Morgan fingerprint density at radius 2 is 1.93 bits per heavy atom. The van der Waals surface area contributed by atoms with Crippen LogP contribution in [0, 0.1) is 0 Å². The van der Waals surface area contributed by atoms with E-state index in [1.165, 1.54) is 0 Å². The number of aryl methyl sites for hydroxylation is 1. The second-order valence-corrected chi connectivity index (χ2v) is 4.30. The van der Waals surface area contributed by atoms with E-state index in [-0.39, 0.29) is 0 Å². The lowest BCUT2D eigenvalue weighted by Crippen LogP contribution is -1.99. The molecule has 0 radical (unpaired) electrons. The van der Waals surface area contributed by atoms with Gasteiger partial charge in [0.25, 0.3) is 0 Å². The molecule has 0 spiro atoms. The Labute approximate surface area is 101 Å². The third kappa shape index (κ3) is 2.06. The van der Waals surface area contributed by atoms with Crippen LogP contribution in [0.25, 0.3) is 5.69 Å². The normalized spacial score (nSPS) is 10.6. The molecule has 0 amide bonds. The summed E-state index contributed by atoms with van der Waals surface area (Å²) >= 11 is 9.37. The van der Waals surface area contributed by atoms with E-state index in [0.29, 0.717) is 5.28 Å². The molecule has 1 aromatic carbocycles. The van der Waals surface area contributed by atoms with Gasteiger partial charge in [0.15, 0.2) is 0 Å². The second kappa shape index (κ2) is 4.33. The molecule has 0 saturated carbocycles. The van der Waals surface area contributed by atoms with E-state index in [0.717, 1.165) is 22.4 Å². The van der Waals surface area contributed by atoms with E-state index >= 15 is 0 Å². The highest BCUT2D eigenvalue weighted by Gasteiger charge is 2.09. The lowest BCUT2D eigenvalue weighted by atomic mass is 10.3. The molecule has 2 rings (SSSR count). The fraction of sp³-hybridized carbons (Fsp3) is 0.200. The van der Waals surface area contributed by atoms with Gasteiger partial charge in [-0.25, -0.2) is 0 Å². The van der Waals surface area contributed by atoms with Gasteiger partial charge < -0.3 is 0 Å². The molecule has 0 aliphatic carbocycles. The zero-order chi connectivity index (χ0) is 10.8. The third-order valence-corrected chi connectivity index (χ3v) is 2.86. The molecule has 15 heavy (non-hydrogen) atoms. The molecule has 3 nitrogen and oxygen atoms in total. The molecule has 0 aliphatic rings. The van der Waals surface area contributed by atoms with Crippen LogP contribution in [0.15, 0.2) is 28.7 Å². The fourth-order valence-corrected chi connectivity index (χ4v) is 1.87. The Hall–Kier alpha value is -0.870. The van der Waals surface area contributed by atoms with E-state index < -0.39 is 0 Å². The first-order chi connectivity index (χ1) is 7.22. The van der Waals surface area contributed by atoms with E-state index in [4.69, 9.17) is 11.6 Å². The maximum absolute atomic E-state index is 5.98. The third-order valence-electron chi connectivity index (χ3n) is 2.09. The molecule has 2 aromatic rings. The molecule has 78 valence electrons. The van der Waals surface area contributed by atoms with Crippen LogP contribution in [-0.4, -0.2) is 14.8 Å². The van der Waals surface area contributed by atoms with Gasteiger partial charge in [-0.3, -0.25) is 4.57 Å². The molecule has 5 heteroatoms. The Morgan fingerprint density at radius 1 is 1.27 bits per heavy atom. The van der Waals surface area contributed by atoms with Gasteiger partial charge in [0.05, 0.1) is 0 Å². The van der Waals surface area contributed by atoms with Crippen molar-refractivity contribution in [3.05, 3.63) is 39.8 Å². The highest BCUT2D eigenvalue weighted by atomic mass is 79.9. The van der Waals surface area contributed by atoms with Crippen molar-refractivity contribution in [2.45, 2.75) is 13.3 Å². The smallest absolute Gasteiger partial charge is 0.229 e. The number of hydrogen-bond acceptors (Lipinski definition) is 2. The van der Waals surface area contributed by atoms with Gasteiger partial charge in [-0.05, 0) is 35.9 Å². The molecule has 0 fully saturated rings. The molecular formula is C10H9BrClN3. The SMILES string of the molecule is CCc1nnc(Cl)n1-c1ccc(Br)cc1. The number of benzene rings is 1. The molecule has 0 bridgehead atoms. The minimum Gasteiger partial charge on any atom is -0.270 e. The maximum Gasteiger partial charge on any atom is 0.229 e. The zero-order valence-electron chi connectivity index (χ0n) is 8.11. The number of hydrogen-bond donors (Lipinski definition) is 0. The molecule has 0 N–H and O–H groups in total. The van der Waals surface area contributed by atoms with Gasteiger partial charge in [-0.2, -0.15) is 0 Å². The molecule has 0 atom stereocenters. The summed E-state index contributed by atoms with van der Waals surface area (Å²) in [4.78, 5) is 0. The summed E-state index contributed by atoms with van der Waals surface area (Å²) in [7, 11) is 0. The highest BCUT2D eigenvalue weighted by Crippen LogP contribution is 2.19. The second-order valence-electron chi connectivity index (χ2n) is 3.05. The molecule has 0 unspecified atom stereocenters. The van der Waals surface area contributed by atoms with Gasteiger partial charge in [-0.1, -0.05) is 22.9 Å². The first-order valence-electron chi connectivity index (χ1n) is 4.58. The number of nitrogens with zero attached hydrogens (tertiary/aromatic N) is 3. The van der Waals surface area contributed by atoms with Gasteiger partial charge in [-0.15, -0.1) is 10.2 Å². The van der Waals surface area contributed by atoms with Crippen molar-refractivity contribution in [1.82, 2.24) is 14.8 Å². The minimum atomic E-state index is 0.397. The predicted octanol–water partition coefficient (Wildman–Crippen LogP) is 3.25. The number of rotatable bonds is 2. The van der Waals surface area contributed by atoms with E-state index in [1.54, 1.807) is 0 Å². The van der Waals surface area contributed by atoms with Gasteiger partial charge in [0, 0.05) is 16.6 Å². The van der Waals surface area contributed by atoms with Crippen LogP contribution < -0.4 is 0 Å². The highest BCUT2D eigenvalue weighted by molar-refractivity contribution is 9.10. The average molecular weight is 287 g/mol. The van der Waals surface area contributed by atoms with Crippen LogP contribution >= 0.6 is 27.5 Å². The molecule has 0 saturated heterocycles. The van der Waals surface area contributed by atoms with Gasteiger partial charge in [0.2, 0.25) is 5.28 Å². The van der Waals surface area contributed by atoms with E-state index in [1.807, 2.05) is 35.8 Å². The molecular weight excluding hydrogens is 277 g/mol. The Bertz CT molecular complexity index is 464. The predicted molar refractivity (Wildman–Crippen MR) is 63.4 cm³/mol. The van der Waals surface area contributed by atoms with Crippen molar-refractivity contribution in [2.75, 3.05) is 0 Å². The monoisotopic (exact) mass is 285 g/mol. The Morgan fingerprint density at radius 3 is 2.53 bits per heavy atom. The topological polar surface area (TPSA) is 30.7 Å². The van der Waals surface area contributed by atoms with Crippen molar-refractivity contribution in [1.29, 1.82) is 0 Å². The van der Waals surface area contributed by atoms with E-state index in [9.17, 15) is 0 Å². The van der Waals surface area contributed by atoms with Crippen molar-refractivity contribution in [3.8, 4) is 5.69 Å². The fourth-order valence-electron chi connectivity index (χ4n) is 1.37. The maximum atomic E-state index is 5.98. The summed E-state index contributed by atoms with van der Waals surface area (Å²) in [6.45, 7) is 2.02. The minimum absolute atomic E-state index is 0.397. The van der Waals surface area contributed by atoms with Crippen LogP contribution in [0.4, 0.5) is 0 Å². The lowest BCUT2D eigenvalue weighted by molar-refractivity contribution is 0.883. The summed E-state index contributed by atoms with van der Waals surface area (Å²) < 4.78 is 2.88. The van der Waals surface area contributed by atoms with Crippen molar-refractivity contribution < 1.29 is 0 Å². The summed E-state index contributed by atoms with van der Waals surface area (Å²) in [5.41, 5.74) is 0.977. The molecule has 1 aromatic heterocycles. The van der Waals surface area contributed by atoms with Crippen molar-refractivity contribution >= 4 is 27.5 Å². The lowest BCUT2D eigenvalue weighted by Gasteiger charge is -2.05. The van der Waals surface area contributed by atoms with Crippen LogP contribution in [0.3, 0.4) is 0 Å². The van der Waals surface area contributed by atoms with Crippen LogP contribution in [0.1, 0.15) is 12.7 Å². The largest absolute Gasteiger partial charge is 0.270 e. The van der Waals surface area contributed by atoms with Gasteiger partial charge in [0.1, 0.15) is 5.82 Å². The van der Waals surface area contributed by atoms with Crippen molar-refractivity contribution in [2.24, 2.45) is 0 Å². The zero-order valence-corrected chi connectivity index (χ0v) is 10.5. The van der Waals surface area contributed by atoms with Crippen LogP contribution in [-0.2, 0) is 6.42 Å². The molecule has 0 aliphatic heterocycles. The van der Waals surface area contributed by atoms with Gasteiger partial charge >= 0.3 is 0 Å². The Balaban J connectivity index is 2.52. The summed E-state index contributed by atoms with van der Waals surface area (Å²) in [6.07, 6.45) is 0.801. The summed E-state index contributed by atoms with van der Waals surface area (Å²) in [6, 6.07) is 7.87. The standard InChI is InChI=1S/C10H9BrClN3/c1-2-9-13-14-10(12)15(9)8-5-3-7(11)4-6-8/h3-6H,2H2,1H3. The summed E-state index contributed by atoms with van der Waals surface area (Å²) in [5, 5.41) is 8.25. The first-order valence-corrected chi connectivity index (χ1v) is 5.75. The number of halogens is 2. The Kier molecular flexibility index (Phi) is 3.07. The number of aromatic nitrogens is 3. The average Bonchev–Trinajstić information content (AvgIpc) is 2.61. The quantitative estimate of drug-likeness (QED) is 0.848. The van der Waals surface area contributed by atoms with Crippen LogP contribution in [0.2, 0.25) is 5.28 Å². The first kappa shape index (κ1) is 10.6. The van der Waals surface area contributed by atoms with Crippen LogP contribution in [0.5, 0.6) is 0 Å². The molecule has 1 heterocycles. The van der Waals surface area contributed by atoms with E-state index in [2.05, 4.69) is 26.1 Å². The van der Waals surface area contributed by atoms with Crippen molar-refractivity contribution in [3.63, 3.8) is 0 Å². The summed E-state index contributed by atoms with van der Waals surface area (Å²) in [5.74, 6) is 0.863.